The lowest BCUT2D eigenvalue weighted by atomic mass is 10.2. The van der Waals surface area contributed by atoms with Crippen LogP contribution in [0.3, 0.4) is 0 Å². The number of benzene rings is 2. The first-order chi connectivity index (χ1) is 12.0. The van der Waals surface area contributed by atoms with Gasteiger partial charge in [-0.05, 0) is 24.3 Å². The summed E-state index contributed by atoms with van der Waals surface area (Å²) in [7, 11) is 1.61. The molecule has 0 bridgehead atoms. The summed E-state index contributed by atoms with van der Waals surface area (Å²) >= 11 is 20.0. The molecule has 0 unspecified atom stereocenters. The van der Waals surface area contributed by atoms with Crippen molar-refractivity contribution in [1.82, 2.24) is 4.57 Å². The Labute approximate surface area is 163 Å². The first-order valence-corrected chi connectivity index (χ1v) is 9.28. The van der Waals surface area contributed by atoms with E-state index in [1.807, 2.05) is 10.6 Å². The summed E-state index contributed by atoms with van der Waals surface area (Å²) in [5.41, 5.74) is 1.09. The van der Waals surface area contributed by atoms with E-state index in [4.69, 9.17) is 39.5 Å². The molecule has 0 aliphatic rings. The lowest BCUT2D eigenvalue weighted by Crippen LogP contribution is -2.19. The van der Waals surface area contributed by atoms with Crippen molar-refractivity contribution in [3.8, 4) is 0 Å². The standard InChI is InChI=1S/C17H13Cl3N2O2S/c1-24-9-8-22-15-13(7-6-12(19)14(15)20)25-17(22)21-16(23)10-4-2-3-5-11(10)18/h2-7H,8-9H2,1H3. The van der Waals surface area contributed by atoms with Gasteiger partial charge < -0.3 is 9.30 Å². The molecule has 0 radical (unpaired) electrons. The summed E-state index contributed by atoms with van der Waals surface area (Å²) in [6.45, 7) is 0.938. The molecule has 0 saturated heterocycles. The predicted octanol–water partition coefficient (Wildman–Crippen LogP) is 5.05. The molecule has 1 aromatic heterocycles. The highest BCUT2D eigenvalue weighted by Crippen LogP contribution is 2.32. The van der Waals surface area contributed by atoms with Crippen molar-refractivity contribution in [3.05, 3.63) is 61.8 Å². The van der Waals surface area contributed by atoms with Crippen LogP contribution in [0.5, 0.6) is 0 Å². The van der Waals surface area contributed by atoms with Gasteiger partial charge >= 0.3 is 0 Å². The van der Waals surface area contributed by atoms with E-state index in [-0.39, 0.29) is 0 Å². The van der Waals surface area contributed by atoms with Crippen molar-refractivity contribution in [2.24, 2.45) is 4.99 Å². The van der Waals surface area contributed by atoms with Crippen LogP contribution in [0, 0.1) is 0 Å². The van der Waals surface area contributed by atoms with Crippen LogP contribution in [0.4, 0.5) is 0 Å². The van der Waals surface area contributed by atoms with Gasteiger partial charge in [0, 0.05) is 13.7 Å². The molecule has 0 aliphatic heterocycles. The molecule has 1 heterocycles. The van der Waals surface area contributed by atoms with Crippen molar-refractivity contribution < 1.29 is 9.53 Å². The molecule has 130 valence electrons. The monoisotopic (exact) mass is 414 g/mol. The minimum absolute atomic E-state index is 0.351. The molecular formula is C17H13Cl3N2O2S. The van der Waals surface area contributed by atoms with E-state index in [1.165, 1.54) is 11.3 Å². The number of amides is 1. The van der Waals surface area contributed by atoms with Gasteiger partial charge in [-0.25, -0.2) is 0 Å². The third-order valence-electron chi connectivity index (χ3n) is 3.55. The van der Waals surface area contributed by atoms with E-state index in [0.29, 0.717) is 38.6 Å². The lowest BCUT2D eigenvalue weighted by molar-refractivity contribution is 0.0997. The molecule has 1 amide bonds. The third kappa shape index (κ3) is 3.76. The van der Waals surface area contributed by atoms with Crippen molar-refractivity contribution in [2.45, 2.75) is 6.54 Å². The van der Waals surface area contributed by atoms with Crippen LogP contribution in [-0.2, 0) is 11.3 Å². The Balaban J connectivity index is 2.19. The smallest absolute Gasteiger partial charge is 0.281 e. The van der Waals surface area contributed by atoms with Gasteiger partial charge in [-0.3, -0.25) is 4.79 Å². The van der Waals surface area contributed by atoms with Crippen molar-refractivity contribution in [3.63, 3.8) is 0 Å². The van der Waals surface area contributed by atoms with Crippen LogP contribution in [-0.4, -0.2) is 24.2 Å². The largest absolute Gasteiger partial charge is 0.383 e. The second-order valence-corrected chi connectivity index (χ2v) is 7.34. The maximum atomic E-state index is 12.5. The van der Waals surface area contributed by atoms with Crippen molar-refractivity contribution >= 4 is 62.3 Å². The highest BCUT2D eigenvalue weighted by molar-refractivity contribution is 7.16. The van der Waals surface area contributed by atoms with E-state index in [1.54, 1.807) is 37.4 Å². The van der Waals surface area contributed by atoms with Crippen LogP contribution in [0.15, 0.2) is 41.4 Å². The number of ether oxygens (including phenoxy) is 1. The summed E-state index contributed by atoms with van der Waals surface area (Å²) in [4.78, 5) is 17.3. The Hall–Kier alpha value is -1.37. The number of carbonyl (C=O) groups excluding carboxylic acids is 1. The number of aromatic nitrogens is 1. The number of methoxy groups -OCH3 is 1. The van der Waals surface area contributed by atoms with E-state index in [9.17, 15) is 4.79 Å². The van der Waals surface area contributed by atoms with Crippen molar-refractivity contribution in [2.75, 3.05) is 13.7 Å². The maximum Gasteiger partial charge on any atom is 0.281 e. The highest BCUT2D eigenvalue weighted by atomic mass is 35.5. The number of thiazole rings is 1. The van der Waals surface area contributed by atoms with Gasteiger partial charge in [-0.1, -0.05) is 58.3 Å². The quantitative estimate of drug-likeness (QED) is 0.598. The molecule has 3 rings (SSSR count). The Bertz CT molecular complexity index is 1010. The van der Waals surface area contributed by atoms with Gasteiger partial charge in [0.1, 0.15) is 0 Å². The van der Waals surface area contributed by atoms with Crippen molar-refractivity contribution in [1.29, 1.82) is 0 Å². The maximum absolute atomic E-state index is 12.5. The number of fused-ring (bicyclic) bond motifs is 1. The zero-order valence-electron chi connectivity index (χ0n) is 13.1. The predicted molar refractivity (Wildman–Crippen MR) is 103 cm³/mol. The first kappa shape index (κ1) is 18.4. The van der Waals surface area contributed by atoms with Crippen LogP contribution >= 0.6 is 46.1 Å². The van der Waals surface area contributed by atoms with E-state index < -0.39 is 5.91 Å². The van der Waals surface area contributed by atoms with Gasteiger partial charge in [-0.15, -0.1) is 0 Å². The fourth-order valence-corrected chi connectivity index (χ4v) is 4.12. The number of halogens is 3. The molecule has 0 fully saturated rings. The SMILES string of the molecule is COCCn1c(=NC(=O)c2ccccc2Cl)sc2ccc(Cl)c(Cl)c21. The molecule has 0 atom stereocenters. The number of nitrogens with zero attached hydrogens (tertiary/aromatic N) is 2. The topological polar surface area (TPSA) is 43.6 Å². The summed E-state index contributed by atoms with van der Waals surface area (Å²) < 4.78 is 7.88. The molecule has 0 spiro atoms. The third-order valence-corrected chi connectivity index (χ3v) is 5.72. The Kier molecular flexibility index (Phi) is 5.81. The molecule has 0 N–H and O–H groups in total. The zero-order chi connectivity index (χ0) is 18.0. The fourth-order valence-electron chi connectivity index (χ4n) is 2.36. The van der Waals surface area contributed by atoms with Crippen LogP contribution in [0.25, 0.3) is 10.2 Å². The van der Waals surface area contributed by atoms with E-state index >= 15 is 0 Å². The molecule has 4 nitrogen and oxygen atoms in total. The van der Waals surface area contributed by atoms with Gasteiger partial charge in [0.25, 0.3) is 5.91 Å². The Morgan fingerprint density at radius 1 is 1.16 bits per heavy atom. The minimum atomic E-state index is -0.412. The van der Waals surface area contributed by atoms with Crippen LogP contribution < -0.4 is 4.80 Å². The number of carbonyl (C=O) groups is 1. The van der Waals surface area contributed by atoms with Gasteiger partial charge in [-0.2, -0.15) is 4.99 Å². The number of hydrogen-bond donors (Lipinski definition) is 0. The first-order valence-electron chi connectivity index (χ1n) is 7.32. The molecule has 8 heteroatoms. The molecule has 0 saturated carbocycles. The minimum Gasteiger partial charge on any atom is -0.383 e. The van der Waals surface area contributed by atoms with E-state index in [2.05, 4.69) is 4.99 Å². The molecule has 2 aromatic carbocycles. The average Bonchev–Trinajstić information content (AvgIpc) is 2.94. The summed E-state index contributed by atoms with van der Waals surface area (Å²) in [5, 5.41) is 1.24. The van der Waals surface area contributed by atoms with Crippen LogP contribution in [0.2, 0.25) is 15.1 Å². The molecule has 3 aromatic rings. The number of rotatable bonds is 4. The summed E-state index contributed by atoms with van der Waals surface area (Å²) in [6.07, 6.45) is 0. The summed E-state index contributed by atoms with van der Waals surface area (Å²) in [5.74, 6) is -0.412. The van der Waals surface area contributed by atoms with Gasteiger partial charge in [0.05, 0.1) is 37.5 Å². The van der Waals surface area contributed by atoms with E-state index in [0.717, 1.165) is 10.2 Å². The average molecular weight is 416 g/mol. The lowest BCUT2D eigenvalue weighted by Gasteiger charge is -2.06. The Morgan fingerprint density at radius 2 is 1.92 bits per heavy atom. The zero-order valence-corrected chi connectivity index (χ0v) is 16.2. The molecular weight excluding hydrogens is 403 g/mol. The van der Waals surface area contributed by atoms with Crippen LogP contribution in [0.1, 0.15) is 10.4 Å². The highest BCUT2D eigenvalue weighted by Gasteiger charge is 2.14. The Morgan fingerprint density at radius 3 is 2.64 bits per heavy atom. The fraction of sp³-hybridized carbons (Fsp3) is 0.176. The summed E-state index contributed by atoms with van der Waals surface area (Å²) in [6, 6.07) is 10.4. The second kappa shape index (κ2) is 7.89. The second-order valence-electron chi connectivity index (χ2n) is 5.13. The van der Waals surface area contributed by atoms with Gasteiger partial charge in [0.2, 0.25) is 0 Å². The number of hydrogen-bond acceptors (Lipinski definition) is 3. The van der Waals surface area contributed by atoms with Gasteiger partial charge in [0.15, 0.2) is 4.80 Å². The molecule has 0 aliphatic carbocycles. The molecule has 25 heavy (non-hydrogen) atoms. The normalized spacial score (nSPS) is 12.1.